The van der Waals surface area contributed by atoms with Gasteiger partial charge >= 0.3 is 5.97 Å². The van der Waals surface area contributed by atoms with E-state index in [1.807, 2.05) is 24.3 Å². The Morgan fingerprint density at radius 2 is 1.46 bits per heavy atom. The normalized spacial score (nSPS) is 14.5. The molecule has 2 aromatic rings. The quantitative estimate of drug-likeness (QED) is 0.841. The molecule has 3 rings (SSSR count). The predicted octanol–water partition coefficient (Wildman–Crippen LogP) is 3.65. The van der Waals surface area contributed by atoms with Crippen LogP contribution in [0.1, 0.15) is 23.2 Å². The third kappa shape index (κ3) is 4.49. The van der Waals surface area contributed by atoms with Crippen LogP contribution in [0.25, 0.3) is 0 Å². The van der Waals surface area contributed by atoms with Crippen LogP contribution in [0, 0.1) is 0 Å². The Kier molecular flexibility index (Phi) is 5.33. The van der Waals surface area contributed by atoms with Gasteiger partial charge in [0.2, 0.25) is 0 Å². The average molecular weight is 327 g/mol. The van der Waals surface area contributed by atoms with Crippen molar-refractivity contribution >= 4 is 5.97 Å². The van der Waals surface area contributed by atoms with Crippen molar-refractivity contribution in [1.29, 1.82) is 0 Å². The fourth-order valence-corrected chi connectivity index (χ4v) is 2.70. The molecule has 1 fully saturated rings. The molecule has 0 amide bonds. The van der Waals surface area contributed by atoms with Crippen LogP contribution in [0.2, 0.25) is 0 Å². The molecule has 5 nitrogen and oxygen atoms in total. The summed E-state index contributed by atoms with van der Waals surface area (Å²) in [6.45, 7) is 4.01. The molecule has 2 aromatic carbocycles. The molecular formula is C19H21NO4. The van der Waals surface area contributed by atoms with Gasteiger partial charge in [0.1, 0.15) is 23.9 Å². The maximum atomic E-state index is 10.8. The van der Waals surface area contributed by atoms with Crippen molar-refractivity contribution in [2.24, 2.45) is 0 Å². The number of likely N-dealkylation sites (tertiary alicyclic amines) is 1. The topological polar surface area (TPSA) is 59.0 Å². The monoisotopic (exact) mass is 327 g/mol. The molecule has 0 aliphatic carbocycles. The van der Waals surface area contributed by atoms with Gasteiger partial charge in [-0.2, -0.15) is 0 Å². The van der Waals surface area contributed by atoms with Crippen LogP contribution in [-0.2, 0) is 0 Å². The van der Waals surface area contributed by atoms with Crippen LogP contribution in [0.3, 0.4) is 0 Å². The summed E-state index contributed by atoms with van der Waals surface area (Å²) in [6.07, 6.45) is 2.58. The second-order valence-electron chi connectivity index (χ2n) is 5.80. The van der Waals surface area contributed by atoms with Gasteiger partial charge in [0, 0.05) is 6.54 Å². The number of benzene rings is 2. The highest BCUT2D eigenvalue weighted by Gasteiger charge is 2.10. The van der Waals surface area contributed by atoms with Gasteiger partial charge in [-0.15, -0.1) is 0 Å². The van der Waals surface area contributed by atoms with Crippen molar-refractivity contribution in [2.75, 3.05) is 26.2 Å². The van der Waals surface area contributed by atoms with Crippen molar-refractivity contribution in [3.05, 3.63) is 54.1 Å². The molecule has 0 spiro atoms. The first-order valence-electron chi connectivity index (χ1n) is 8.17. The molecule has 1 N–H and O–H groups in total. The molecule has 1 saturated heterocycles. The zero-order valence-electron chi connectivity index (χ0n) is 13.5. The number of nitrogens with zero attached hydrogens (tertiary/aromatic N) is 1. The summed E-state index contributed by atoms with van der Waals surface area (Å²) in [5, 5.41) is 8.88. The second-order valence-corrected chi connectivity index (χ2v) is 5.80. The van der Waals surface area contributed by atoms with Crippen LogP contribution in [0.5, 0.6) is 17.2 Å². The van der Waals surface area contributed by atoms with Crippen LogP contribution in [0.15, 0.2) is 48.5 Å². The summed E-state index contributed by atoms with van der Waals surface area (Å²) in [5.41, 5.74) is 0.240. The van der Waals surface area contributed by atoms with E-state index in [-0.39, 0.29) is 5.56 Å². The van der Waals surface area contributed by atoms with Crippen molar-refractivity contribution < 1.29 is 19.4 Å². The van der Waals surface area contributed by atoms with E-state index in [4.69, 9.17) is 14.6 Å². The van der Waals surface area contributed by atoms with Crippen molar-refractivity contribution in [3.8, 4) is 17.2 Å². The van der Waals surface area contributed by atoms with Crippen molar-refractivity contribution in [1.82, 2.24) is 4.90 Å². The van der Waals surface area contributed by atoms with Gasteiger partial charge in [0.15, 0.2) is 0 Å². The zero-order chi connectivity index (χ0) is 16.8. The molecule has 0 radical (unpaired) electrons. The summed E-state index contributed by atoms with van der Waals surface area (Å²) in [5.74, 6) is 1.16. The predicted molar refractivity (Wildman–Crippen MR) is 91.1 cm³/mol. The molecule has 1 aliphatic rings. The van der Waals surface area contributed by atoms with Gasteiger partial charge in [-0.1, -0.05) is 0 Å². The smallest absolute Gasteiger partial charge is 0.335 e. The lowest BCUT2D eigenvalue weighted by Gasteiger charge is -2.15. The molecular weight excluding hydrogens is 306 g/mol. The van der Waals surface area contributed by atoms with Crippen LogP contribution < -0.4 is 9.47 Å². The lowest BCUT2D eigenvalue weighted by atomic mass is 10.2. The maximum Gasteiger partial charge on any atom is 0.335 e. The Labute approximate surface area is 141 Å². The highest BCUT2D eigenvalue weighted by molar-refractivity contribution is 5.87. The zero-order valence-corrected chi connectivity index (χ0v) is 13.5. The standard InChI is InChI=1S/C19H21NO4/c21-19(22)15-3-5-17(6-4-15)24-18-9-7-16(8-10-18)23-14-13-20-11-1-2-12-20/h3-10H,1-2,11-14H2,(H,21,22). The van der Waals surface area contributed by atoms with Gasteiger partial charge in [-0.05, 0) is 74.5 Å². The largest absolute Gasteiger partial charge is 0.492 e. The first kappa shape index (κ1) is 16.3. The van der Waals surface area contributed by atoms with Gasteiger partial charge in [0.25, 0.3) is 0 Å². The average Bonchev–Trinajstić information content (AvgIpc) is 3.10. The number of carboxylic acids is 1. The fraction of sp³-hybridized carbons (Fsp3) is 0.316. The molecule has 24 heavy (non-hydrogen) atoms. The lowest BCUT2D eigenvalue weighted by Crippen LogP contribution is -2.25. The first-order chi connectivity index (χ1) is 11.7. The van der Waals surface area contributed by atoms with E-state index < -0.39 is 5.97 Å². The van der Waals surface area contributed by atoms with Gasteiger partial charge in [-0.3, -0.25) is 4.90 Å². The molecule has 1 aliphatic heterocycles. The Balaban J connectivity index is 1.49. The maximum absolute atomic E-state index is 10.8. The summed E-state index contributed by atoms with van der Waals surface area (Å²) < 4.78 is 11.4. The van der Waals surface area contributed by atoms with E-state index in [1.54, 1.807) is 12.1 Å². The number of hydrogen-bond acceptors (Lipinski definition) is 4. The Hall–Kier alpha value is -2.53. The molecule has 5 heteroatoms. The van der Waals surface area contributed by atoms with Crippen LogP contribution in [0.4, 0.5) is 0 Å². The number of carboxylic acid groups (broad SMARTS) is 1. The van der Waals surface area contributed by atoms with Gasteiger partial charge < -0.3 is 14.6 Å². The molecule has 0 unspecified atom stereocenters. The van der Waals surface area contributed by atoms with E-state index in [9.17, 15) is 4.79 Å². The second kappa shape index (κ2) is 7.84. The number of carbonyl (C=O) groups is 1. The summed E-state index contributed by atoms with van der Waals surface area (Å²) in [6, 6.07) is 13.8. The molecule has 0 saturated carbocycles. The van der Waals surface area contributed by atoms with Gasteiger partial charge in [0.05, 0.1) is 5.56 Å². The molecule has 1 heterocycles. The number of hydrogen-bond donors (Lipinski definition) is 1. The number of rotatable bonds is 7. The number of ether oxygens (including phenoxy) is 2. The van der Waals surface area contributed by atoms with Crippen LogP contribution >= 0.6 is 0 Å². The summed E-state index contributed by atoms with van der Waals surface area (Å²) in [4.78, 5) is 13.2. The fourth-order valence-electron chi connectivity index (χ4n) is 2.70. The minimum Gasteiger partial charge on any atom is -0.492 e. The van der Waals surface area contributed by atoms with Crippen LogP contribution in [-0.4, -0.2) is 42.2 Å². The Morgan fingerprint density at radius 1 is 0.917 bits per heavy atom. The van der Waals surface area contributed by atoms with E-state index >= 15 is 0 Å². The SMILES string of the molecule is O=C(O)c1ccc(Oc2ccc(OCCN3CCCC3)cc2)cc1. The lowest BCUT2D eigenvalue weighted by molar-refractivity contribution is 0.0697. The van der Waals surface area contributed by atoms with E-state index in [1.165, 1.54) is 38.1 Å². The molecule has 0 atom stereocenters. The first-order valence-corrected chi connectivity index (χ1v) is 8.17. The highest BCUT2D eigenvalue weighted by Crippen LogP contribution is 2.24. The summed E-state index contributed by atoms with van der Waals surface area (Å²) in [7, 11) is 0. The highest BCUT2D eigenvalue weighted by atomic mass is 16.5. The van der Waals surface area contributed by atoms with Gasteiger partial charge in [-0.25, -0.2) is 4.79 Å². The molecule has 0 aromatic heterocycles. The third-order valence-corrected chi connectivity index (χ3v) is 4.04. The van der Waals surface area contributed by atoms with Crippen molar-refractivity contribution in [3.63, 3.8) is 0 Å². The minimum atomic E-state index is -0.947. The van der Waals surface area contributed by atoms with Crippen molar-refractivity contribution in [2.45, 2.75) is 12.8 Å². The molecule has 126 valence electrons. The molecule has 0 bridgehead atoms. The van der Waals surface area contributed by atoms with E-state index in [0.717, 1.165) is 12.3 Å². The van der Waals surface area contributed by atoms with E-state index in [0.29, 0.717) is 18.1 Å². The third-order valence-electron chi connectivity index (χ3n) is 4.04. The Morgan fingerprint density at radius 3 is 2.04 bits per heavy atom. The van der Waals surface area contributed by atoms with E-state index in [2.05, 4.69) is 4.90 Å². The minimum absolute atomic E-state index is 0.240. The number of aromatic carboxylic acids is 1. The Bertz CT molecular complexity index is 661. The summed E-state index contributed by atoms with van der Waals surface area (Å²) >= 11 is 0.